The fraction of sp³-hybridized carbons (Fsp3) is 0.0625. The SMILES string of the molecule is c1cnc2c(c1)Cc1cc3ccccc3cc1N2. The predicted molar refractivity (Wildman–Crippen MR) is 74.3 cm³/mol. The zero-order chi connectivity index (χ0) is 11.9. The molecule has 0 radical (unpaired) electrons. The second kappa shape index (κ2) is 3.57. The Morgan fingerprint density at radius 3 is 2.61 bits per heavy atom. The quantitative estimate of drug-likeness (QED) is 0.497. The lowest BCUT2D eigenvalue weighted by atomic mass is 9.96. The molecule has 1 aliphatic heterocycles. The van der Waals surface area contributed by atoms with Crippen molar-refractivity contribution in [1.82, 2.24) is 4.98 Å². The van der Waals surface area contributed by atoms with Gasteiger partial charge in [-0.05, 0) is 40.1 Å². The van der Waals surface area contributed by atoms with E-state index in [1.165, 1.54) is 27.6 Å². The Balaban J connectivity index is 1.92. The number of fused-ring (bicyclic) bond motifs is 3. The number of nitrogens with one attached hydrogen (secondary N) is 1. The van der Waals surface area contributed by atoms with Crippen molar-refractivity contribution in [3.8, 4) is 0 Å². The van der Waals surface area contributed by atoms with Gasteiger partial charge in [0.2, 0.25) is 0 Å². The van der Waals surface area contributed by atoms with Crippen LogP contribution < -0.4 is 5.32 Å². The highest BCUT2D eigenvalue weighted by atomic mass is 15.0. The summed E-state index contributed by atoms with van der Waals surface area (Å²) < 4.78 is 0. The first kappa shape index (κ1) is 9.66. The average molecular weight is 232 g/mol. The molecule has 0 fully saturated rings. The molecule has 0 amide bonds. The molecule has 2 heterocycles. The van der Waals surface area contributed by atoms with E-state index < -0.39 is 0 Å². The lowest BCUT2D eigenvalue weighted by molar-refractivity contribution is 1.11. The van der Waals surface area contributed by atoms with E-state index in [4.69, 9.17) is 0 Å². The zero-order valence-corrected chi connectivity index (χ0v) is 9.85. The second-order valence-corrected chi connectivity index (χ2v) is 4.67. The summed E-state index contributed by atoms with van der Waals surface area (Å²) in [5, 5.41) is 5.98. The molecule has 2 heteroatoms. The van der Waals surface area contributed by atoms with E-state index in [0.717, 1.165) is 12.2 Å². The highest BCUT2D eigenvalue weighted by Gasteiger charge is 2.15. The van der Waals surface area contributed by atoms with Crippen molar-refractivity contribution in [3.63, 3.8) is 0 Å². The van der Waals surface area contributed by atoms with E-state index in [2.05, 4.69) is 52.8 Å². The zero-order valence-electron chi connectivity index (χ0n) is 9.85. The molecule has 0 saturated heterocycles. The van der Waals surface area contributed by atoms with Crippen LogP contribution in [0.4, 0.5) is 11.5 Å². The number of hydrogen-bond donors (Lipinski definition) is 1. The smallest absolute Gasteiger partial charge is 0.133 e. The first-order valence-electron chi connectivity index (χ1n) is 6.13. The molecule has 1 aliphatic rings. The van der Waals surface area contributed by atoms with Gasteiger partial charge in [0.05, 0.1) is 0 Å². The van der Waals surface area contributed by atoms with Gasteiger partial charge in [0.25, 0.3) is 0 Å². The fourth-order valence-electron chi connectivity index (χ4n) is 2.58. The van der Waals surface area contributed by atoms with Crippen molar-refractivity contribution < 1.29 is 0 Å². The molecule has 0 aliphatic carbocycles. The van der Waals surface area contributed by atoms with Gasteiger partial charge in [-0.15, -0.1) is 0 Å². The molecule has 3 aromatic rings. The van der Waals surface area contributed by atoms with Gasteiger partial charge in [0, 0.05) is 18.3 Å². The summed E-state index contributed by atoms with van der Waals surface area (Å²) >= 11 is 0. The molecule has 0 saturated carbocycles. The van der Waals surface area contributed by atoms with Crippen molar-refractivity contribution in [2.24, 2.45) is 0 Å². The molecule has 0 unspecified atom stereocenters. The Morgan fingerprint density at radius 2 is 1.72 bits per heavy atom. The monoisotopic (exact) mass is 232 g/mol. The van der Waals surface area contributed by atoms with Crippen LogP contribution in [0.1, 0.15) is 11.1 Å². The molecule has 0 spiro atoms. The summed E-state index contributed by atoms with van der Waals surface area (Å²) in [5.74, 6) is 0.986. The molecular formula is C16H12N2. The first-order valence-corrected chi connectivity index (χ1v) is 6.13. The van der Waals surface area contributed by atoms with Gasteiger partial charge in [-0.1, -0.05) is 30.3 Å². The van der Waals surface area contributed by atoms with Crippen LogP contribution in [0.2, 0.25) is 0 Å². The highest BCUT2D eigenvalue weighted by molar-refractivity contribution is 5.89. The first-order chi connectivity index (χ1) is 8.90. The van der Waals surface area contributed by atoms with E-state index >= 15 is 0 Å². The van der Waals surface area contributed by atoms with Gasteiger partial charge in [-0.2, -0.15) is 0 Å². The molecule has 2 nitrogen and oxygen atoms in total. The van der Waals surface area contributed by atoms with Crippen LogP contribution in [0.15, 0.2) is 54.7 Å². The van der Waals surface area contributed by atoms with Crippen LogP contribution in [0.25, 0.3) is 10.8 Å². The fourth-order valence-corrected chi connectivity index (χ4v) is 2.58. The van der Waals surface area contributed by atoms with Crippen molar-refractivity contribution in [1.29, 1.82) is 0 Å². The van der Waals surface area contributed by atoms with E-state index in [-0.39, 0.29) is 0 Å². The number of rotatable bonds is 0. The summed E-state index contributed by atoms with van der Waals surface area (Å²) in [5.41, 5.74) is 3.79. The molecule has 86 valence electrons. The summed E-state index contributed by atoms with van der Waals surface area (Å²) in [6, 6.07) is 17.1. The van der Waals surface area contributed by atoms with Crippen molar-refractivity contribution in [2.45, 2.75) is 6.42 Å². The van der Waals surface area contributed by atoms with E-state index in [1.54, 1.807) is 0 Å². The standard InChI is InChI=1S/C16H12N2/c1-2-5-12-10-15-14(8-11(12)4-1)9-13-6-3-7-17-16(13)18-15/h1-8,10H,9H2,(H,17,18). The van der Waals surface area contributed by atoms with Crippen LogP contribution in [-0.4, -0.2) is 4.98 Å². The number of nitrogens with zero attached hydrogens (tertiary/aromatic N) is 1. The Labute approximate surface area is 105 Å². The maximum Gasteiger partial charge on any atom is 0.133 e. The van der Waals surface area contributed by atoms with Crippen LogP contribution in [0.5, 0.6) is 0 Å². The number of hydrogen-bond acceptors (Lipinski definition) is 2. The number of anilines is 2. The molecule has 4 rings (SSSR count). The normalized spacial score (nSPS) is 12.7. The minimum Gasteiger partial charge on any atom is -0.340 e. The van der Waals surface area contributed by atoms with Gasteiger partial charge in [-0.25, -0.2) is 4.98 Å². The summed E-state index contributed by atoms with van der Waals surface area (Å²) in [6.45, 7) is 0. The lowest BCUT2D eigenvalue weighted by Crippen LogP contribution is -2.08. The lowest BCUT2D eigenvalue weighted by Gasteiger charge is -2.20. The van der Waals surface area contributed by atoms with Crippen molar-refractivity contribution in [3.05, 3.63) is 65.9 Å². The van der Waals surface area contributed by atoms with Gasteiger partial charge in [0.15, 0.2) is 0 Å². The topological polar surface area (TPSA) is 24.9 Å². The van der Waals surface area contributed by atoms with Crippen LogP contribution in [-0.2, 0) is 6.42 Å². The van der Waals surface area contributed by atoms with E-state index in [0.29, 0.717) is 0 Å². The van der Waals surface area contributed by atoms with Crippen LogP contribution in [0, 0.1) is 0 Å². The average Bonchev–Trinajstić information content (AvgIpc) is 2.42. The van der Waals surface area contributed by atoms with Gasteiger partial charge in [0.1, 0.15) is 5.82 Å². The highest BCUT2D eigenvalue weighted by Crippen LogP contribution is 2.33. The molecular weight excluding hydrogens is 220 g/mol. The maximum atomic E-state index is 4.39. The Hall–Kier alpha value is -2.35. The Bertz CT molecular complexity index is 683. The second-order valence-electron chi connectivity index (χ2n) is 4.67. The van der Waals surface area contributed by atoms with E-state index in [1.807, 2.05) is 12.3 Å². The van der Waals surface area contributed by atoms with E-state index in [9.17, 15) is 0 Å². The van der Waals surface area contributed by atoms with Crippen LogP contribution >= 0.6 is 0 Å². The van der Waals surface area contributed by atoms with Gasteiger partial charge < -0.3 is 5.32 Å². The maximum absolute atomic E-state index is 4.39. The molecule has 0 atom stereocenters. The number of aromatic nitrogens is 1. The van der Waals surface area contributed by atoms with Crippen molar-refractivity contribution >= 4 is 22.3 Å². The Morgan fingerprint density at radius 1 is 0.889 bits per heavy atom. The van der Waals surface area contributed by atoms with Crippen LogP contribution in [0.3, 0.4) is 0 Å². The van der Waals surface area contributed by atoms with Gasteiger partial charge >= 0.3 is 0 Å². The minimum absolute atomic E-state index is 0.955. The number of pyridine rings is 1. The molecule has 1 N–H and O–H groups in total. The van der Waals surface area contributed by atoms with Gasteiger partial charge in [-0.3, -0.25) is 0 Å². The largest absolute Gasteiger partial charge is 0.340 e. The summed E-state index contributed by atoms with van der Waals surface area (Å²) in [4.78, 5) is 4.39. The predicted octanol–water partition coefficient (Wildman–Crippen LogP) is 3.88. The molecule has 1 aromatic heterocycles. The minimum atomic E-state index is 0.955. The third-order valence-electron chi connectivity index (χ3n) is 3.50. The molecule has 2 aromatic carbocycles. The Kier molecular flexibility index (Phi) is 1.92. The number of benzene rings is 2. The molecule has 18 heavy (non-hydrogen) atoms. The van der Waals surface area contributed by atoms with Crippen molar-refractivity contribution in [2.75, 3.05) is 5.32 Å². The summed E-state index contributed by atoms with van der Waals surface area (Å²) in [7, 11) is 0. The third kappa shape index (κ3) is 1.39. The third-order valence-corrected chi connectivity index (χ3v) is 3.50. The summed E-state index contributed by atoms with van der Waals surface area (Å²) in [6.07, 6.45) is 2.79. The molecule has 0 bridgehead atoms.